The third-order valence-electron chi connectivity index (χ3n) is 11.3. The summed E-state index contributed by atoms with van der Waals surface area (Å²) in [5.74, 6) is 0.670. The minimum atomic E-state index is 0.670. The highest BCUT2D eigenvalue weighted by Crippen LogP contribution is 2.44. The Kier molecular flexibility index (Phi) is 6.86. The first-order chi connectivity index (χ1) is 28.3. The van der Waals surface area contributed by atoms with E-state index in [2.05, 4.69) is 185 Å². The highest BCUT2D eigenvalue weighted by molar-refractivity contribution is 6.27. The van der Waals surface area contributed by atoms with Crippen LogP contribution in [0.2, 0.25) is 0 Å². The Bertz CT molecular complexity index is 3450. The highest BCUT2D eigenvalue weighted by atomic mass is 16.3. The van der Waals surface area contributed by atoms with E-state index in [0.29, 0.717) is 5.82 Å². The number of aromatic nitrogens is 4. The van der Waals surface area contributed by atoms with E-state index in [1.165, 1.54) is 27.1 Å². The van der Waals surface area contributed by atoms with E-state index in [-0.39, 0.29) is 0 Å². The van der Waals surface area contributed by atoms with Crippen LogP contribution in [0, 0.1) is 0 Å². The van der Waals surface area contributed by atoms with Gasteiger partial charge in [0, 0.05) is 55.0 Å². The first kappa shape index (κ1) is 31.6. The molecule has 0 spiro atoms. The lowest BCUT2D eigenvalue weighted by molar-refractivity contribution is 0.669. The van der Waals surface area contributed by atoms with Crippen molar-refractivity contribution in [2.24, 2.45) is 0 Å². The van der Waals surface area contributed by atoms with Crippen molar-refractivity contribution in [3.63, 3.8) is 0 Å². The predicted molar refractivity (Wildman–Crippen MR) is 234 cm³/mol. The fraction of sp³-hybridized carbons (Fsp3) is 0. The monoisotopic (exact) mass is 728 g/mol. The quantitative estimate of drug-likeness (QED) is 0.177. The van der Waals surface area contributed by atoms with Gasteiger partial charge in [0.1, 0.15) is 11.2 Å². The van der Waals surface area contributed by atoms with Crippen LogP contribution in [0.1, 0.15) is 0 Å². The van der Waals surface area contributed by atoms with Crippen LogP contribution in [-0.4, -0.2) is 19.1 Å². The van der Waals surface area contributed by atoms with E-state index in [1.54, 1.807) is 0 Å². The Morgan fingerprint density at radius 3 is 1.70 bits per heavy atom. The summed E-state index contributed by atoms with van der Waals surface area (Å²) in [7, 11) is 0. The van der Waals surface area contributed by atoms with E-state index >= 15 is 0 Å². The summed E-state index contributed by atoms with van der Waals surface area (Å²) in [5.41, 5.74) is 13.2. The van der Waals surface area contributed by atoms with Crippen LogP contribution in [0.15, 0.2) is 199 Å². The second kappa shape index (κ2) is 12.4. The van der Waals surface area contributed by atoms with Gasteiger partial charge in [-0.3, -0.25) is 0 Å². The van der Waals surface area contributed by atoms with Crippen molar-refractivity contribution in [1.82, 2.24) is 19.1 Å². The van der Waals surface area contributed by atoms with Crippen molar-refractivity contribution in [2.75, 3.05) is 0 Å². The van der Waals surface area contributed by atoms with Gasteiger partial charge in [-0.25, -0.2) is 9.97 Å². The van der Waals surface area contributed by atoms with Crippen LogP contribution in [0.25, 0.3) is 111 Å². The molecule has 12 rings (SSSR count). The van der Waals surface area contributed by atoms with E-state index in [4.69, 9.17) is 14.4 Å². The molecule has 0 bridgehead atoms. The van der Waals surface area contributed by atoms with Crippen molar-refractivity contribution in [3.8, 4) is 45.3 Å². The van der Waals surface area contributed by atoms with Gasteiger partial charge in [-0.15, -0.1) is 0 Å². The zero-order chi connectivity index (χ0) is 37.5. The molecule has 0 saturated carbocycles. The molecular formula is C52H32N4O. The molecule has 0 aliphatic heterocycles. The molecule has 266 valence electrons. The molecule has 0 fully saturated rings. The number of rotatable bonds is 5. The third-order valence-corrected chi connectivity index (χ3v) is 11.3. The molecule has 0 aliphatic carbocycles. The maximum atomic E-state index is 6.51. The molecule has 0 N–H and O–H groups in total. The fourth-order valence-electron chi connectivity index (χ4n) is 8.77. The first-order valence-electron chi connectivity index (χ1n) is 19.2. The van der Waals surface area contributed by atoms with E-state index < -0.39 is 0 Å². The molecule has 57 heavy (non-hydrogen) atoms. The second-order valence-corrected chi connectivity index (χ2v) is 14.6. The van der Waals surface area contributed by atoms with Gasteiger partial charge in [-0.05, 0) is 66.7 Å². The molecule has 5 nitrogen and oxygen atoms in total. The fourth-order valence-corrected chi connectivity index (χ4v) is 8.77. The summed E-state index contributed by atoms with van der Waals surface area (Å²) in [4.78, 5) is 10.4. The number of fused-ring (bicyclic) bond motifs is 10. The Hall–Kier alpha value is -7.76. The van der Waals surface area contributed by atoms with Gasteiger partial charge in [-0.2, -0.15) is 0 Å². The Balaban J connectivity index is 1.18. The topological polar surface area (TPSA) is 48.8 Å². The summed E-state index contributed by atoms with van der Waals surface area (Å²) < 4.78 is 11.3. The Labute approximate surface area is 327 Å². The number of benzene rings is 8. The average Bonchev–Trinajstić information content (AvgIpc) is 3.93. The lowest BCUT2D eigenvalue weighted by Gasteiger charge is -2.13. The summed E-state index contributed by atoms with van der Waals surface area (Å²) in [6, 6.07) is 68.3. The molecule has 4 heterocycles. The highest BCUT2D eigenvalue weighted by Gasteiger charge is 2.22. The molecule has 0 aliphatic rings. The predicted octanol–water partition coefficient (Wildman–Crippen LogP) is 13.6. The summed E-state index contributed by atoms with van der Waals surface area (Å²) in [6.45, 7) is 0. The number of hydrogen-bond donors (Lipinski definition) is 0. The number of hydrogen-bond acceptors (Lipinski definition) is 3. The normalized spacial score (nSPS) is 11.9. The lowest BCUT2D eigenvalue weighted by Crippen LogP contribution is -1.99. The standard InChI is InChI=1S/C52H32N4O/c1-4-15-33(16-5-1)43-31-44(34-17-6-2-7-18-34)54-52(53-43)35-19-14-22-37(29-35)56-47-32-46-41(38-23-10-12-25-45(38)55(46)36-20-8-3-9-21-36)30-42(47)39-27-28-49-50(51(39)56)40-24-11-13-26-48(40)57-49/h1-32H. The van der Waals surface area contributed by atoms with E-state index in [0.717, 1.165) is 77.9 Å². The lowest BCUT2D eigenvalue weighted by atomic mass is 10.1. The molecular weight excluding hydrogens is 697 g/mol. The van der Waals surface area contributed by atoms with Crippen molar-refractivity contribution in [3.05, 3.63) is 194 Å². The first-order valence-corrected chi connectivity index (χ1v) is 19.2. The second-order valence-electron chi connectivity index (χ2n) is 14.6. The van der Waals surface area contributed by atoms with Gasteiger partial charge in [0.15, 0.2) is 5.82 Å². The molecule has 0 unspecified atom stereocenters. The molecule has 0 amide bonds. The van der Waals surface area contributed by atoms with Crippen molar-refractivity contribution < 1.29 is 4.42 Å². The van der Waals surface area contributed by atoms with Crippen LogP contribution in [-0.2, 0) is 0 Å². The zero-order valence-electron chi connectivity index (χ0n) is 30.7. The summed E-state index contributed by atoms with van der Waals surface area (Å²) >= 11 is 0. The minimum absolute atomic E-state index is 0.670. The van der Waals surface area contributed by atoms with Gasteiger partial charge in [0.2, 0.25) is 0 Å². The van der Waals surface area contributed by atoms with E-state index in [1.807, 2.05) is 18.2 Å². The molecule has 5 heteroatoms. The van der Waals surface area contributed by atoms with Crippen LogP contribution in [0.3, 0.4) is 0 Å². The molecule has 0 radical (unpaired) electrons. The van der Waals surface area contributed by atoms with Crippen molar-refractivity contribution >= 4 is 65.6 Å². The van der Waals surface area contributed by atoms with Crippen molar-refractivity contribution in [2.45, 2.75) is 0 Å². The van der Waals surface area contributed by atoms with E-state index in [9.17, 15) is 0 Å². The molecule has 8 aromatic carbocycles. The molecule has 0 atom stereocenters. The van der Waals surface area contributed by atoms with Gasteiger partial charge in [0.25, 0.3) is 0 Å². The number of furan rings is 1. The zero-order valence-corrected chi connectivity index (χ0v) is 30.7. The number of nitrogens with zero attached hydrogens (tertiary/aromatic N) is 4. The van der Waals surface area contributed by atoms with Crippen LogP contribution < -0.4 is 0 Å². The average molecular weight is 729 g/mol. The van der Waals surface area contributed by atoms with Crippen molar-refractivity contribution in [1.29, 1.82) is 0 Å². The van der Waals surface area contributed by atoms with Crippen LogP contribution >= 0.6 is 0 Å². The largest absolute Gasteiger partial charge is 0.456 e. The van der Waals surface area contributed by atoms with Gasteiger partial charge < -0.3 is 13.6 Å². The minimum Gasteiger partial charge on any atom is -0.456 e. The summed E-state index contributed by atoms with van der Waals surface area (Å²) in [5, 5.41) is 6.97. The van der Waals surface area contributed by atoms with Crippen LogP contribution in [0.4, 0.5) is 0 Å². The Morgan fingerprint density at radius 1 is 0.351 bits per heavy atom. The van der Waals surface area contributed by atoms with Crippen LogP contribution in [0.5, 0.6) is 0 Å². The third kappa shape index (κ3) is 4.89. The van der Waals surface area contributed by atoms with Gasteiger partial charge in [-0.1, -0.05) is 127 Å². The summed E-state index contributed by atoms with van der Waals surface area (Å²) in [6.07, 6.45) is 0. The van der Waals surface area contributed by atoms with Gasteiger partial charge in [0.05, 0.1) is 38.8 Å². The Morgan fingerprint density at radius 2 is 0.947 bits per heavy atom. The maximum Gasteiger partial charge on any atom is 0.160 e. The molecule has 12 aromatic rings. The number of para-hydroxylation sites is 3. The molecule has 4 aromatic heterocycles. The molecule has 0 saturated heterocycles. The smallest absolute Gasteiger partial charge is 0.160 e. The SMILES string of the molecule is c1ccc(-c2cc(-c3ccccc3)nc(-c3cccc(-n4c5cc6c(cc5c5ccc7oc8ccccc8c7c54)c4ccccc4n6-c4ccccc4)c3)n2)cc1. The van der Waals surface area contributed by atoms with Gasteiger partial charge >= 0.3 is 0 Å². The maximum absolute atomic E-state index is 6.51.